The Kier molecular flexibility index (Phi) is 3.49. The van der Waals surface area contributed by atoms with Crippen LogP contribution in [0.5, 0.6) is 0 Å². The van der Waals surface area contributed by atoms with E-state index in [0.29, 0.717) is 17.8 Å². The summed E-state index contributed by atoms with van der Waals surface area (Å²) >= 11 is 5.96. The molecule has 2 unspecified atom stereocenters. The number of hydrogen-bond donors (Lipinski definition) is 1. The number of aliphatic hydroxyl groups excluding tert-OH is 1. The Bertz CT molecular complexity index is 590. The van der Waals surface area contributed by atoms with Gasteiger partial charge in [0.05, 0.1) is 12.6 Å². The molecule has 106 valence electrons. The van der Waals surface area contributed by atoms with E-state index in [-0.39, 0.29) is 17.9 Å². The Hall–Kier alpha value is -1.80. The first-order valence-electron chi connectivity index (χ1n) is 6.33. The topological polar surface area (TPSA) is 92.9 Å². The summed E-state index contributed by atoms with van der Waals surface area (Å²) in [7, 11) is 0. The summed E-state index contributed by atoms with van der Waals surface area (Å²) in [5.74, 6) is 1.15. The van der Waals surface area contributed by atoms with E-state index < -0.39 is 0 Å². The zero-order valence-corrected chi connectivity index (χ0v) is 11.6. The lowest BCUT2D eigenvalue weighted by Crippen LogP contribution is -2.36. The van der Waals surface area contributed by atoms with E-state index in [1.807, 2.05) is 4.90 Å². The monoisotopic (exact) mass is 295 g/mol. The number of aliphatic hydroxyl groups is 1. The van der Waals surface area contributed by atoms with E-state index in [9.17, 15) is 5.11 Å². The van der Waals surface area contributed by atoms with Crippen LogP contribution in [0.2, 0.25) is 5.28 Å². The van der Waals surface area contributed by atoms with Crippen molar-refractivity contribution in [3.63, 3.8) is 0 Å². The largest absolute Gasteiger partial charge is 0.394 e. The summed E-state index contributed by atoms with van der Waals surface area (Å²) in [6.45, 7) is 2.94. The molecule has 0 radical (unpaired) electrons. The second kappa shape index (κ2) is 5.29. The molecule has 3 heterocycles. The van der Waals surface area contributed by atoms with Crippen LogP contribution in [-0.4, -0.2) is 54.0 Å². The molecule has 9 heteroatoms. The van der Waals surface area contributed by atoms with E-state index in [4.69, 9.17) is 11.6 Å². The number of aromatic nitrogens is 6. The van der Waals surface area contributed by atoms with E-state index in [0.717, 1.165) is 13.0 Å². The van der Waals surface area contributed by atoms with E-state index in [1.54, 1.807) is 0 Å². The lowest BCUT2D eigenvalue weighted by atomic mass is 10.0. The van der Waals surface area contributed by atoms with Gasteiger partial charge in [0.25, 0.3) is 5.95 Å². The molecule has 0 saturated carbocycles. The predicted molar refractivity (Wildman–Crippen MR) is 71.8 cm³/mol. The fourth-order valence-corrected chi connectivity index (χ4v) is 2.56. The third-order valence-electron chi connectivity index (χ3n) is 3.53. The quantitative estimate of drug-likeness (QED) is 0.871. The molecule has 8 nitrogen and oxygen atoms in total. The van der Waals surface area contributed by atoms with Crippen molar-refractivity contribution in [1.29, 1.82) is 0 Å². The fourth-order valence-electron chi connectivity index (χ4n) is 2.41. The molecule has 2 aromatic heterocycles. The normalized spacial score (nSPS) is 22.4. The third-order valence-corrected chi connectivity index (χ3v) is 3.70. The Morgan fingerprint density at radius 2 is 2.15 bits per heavy atom. The molecule has 0 aromatic carbocycles. The van der Waals surface area contributed by atoms with Crippen molar-refractivity contribution >= 4 is 17.5 Å². The number of nitrogens with zero attached hydrogens (tertiary/aromatic N) is 7. The van der Waals surface area contributed by atoms with E-state index >= 15 is 0 Å². The number of hydrogen-bond acceptors (Lipinski definition) is 7. The summed E-state index contributed by atoms with van der Waals surface area (Å²) in [5.41, 5.74) is 0. The maximum Gasteiger partial charge on any atom is 0.258 e. The first-order chi connectivity index (χ1) is 9.69. The molecular formula is C11H14ClN7O. The van der Waals surface area contributed by atoms with Crippen LogP contribution in [0, 0.1) is 5.92 Å². The summed E-state index contributed by atoms with van der Waals surface area (Å²) in [6, 6.07) is -0.00272. The Balaban J connectivity index is 1.98. The van der Waals surface area contributed by atoms with Crippen LogP contribution in [0.4, 0.5) is 5.95 Å². The standard InChI is InChI=1S/C11H14ClN7O/c1-7-2-3-18(8(7)4-20)10-15-9(12)16-11(17-10)19-6-13-5-14-19/h5-8,20H,2-4H2,1H3. The summed E-state index contributed by atoms with van der Waals surface area (Å²) in [4.78, 5) is 18.4. The molecule has 1 aliphatic rings. The number of anilines is 1. The average molecular weight is 296 g/mol. The number of halogens is 1. The molecule has 0 amide bonds. The van der Waals surface area contributed by atoms with Gasteiger partial charge in [0.1, 0.15) is 12.7 Å². The van der Waals surface area contributed by atoms with Gasteiger partial charge in [-0.2, -0.15) is 24.7 Å². The van der Waals surface area contributed by atoms with Crippen molar-refractivity contribution in [3.8, 4) is 5.95 Å². The minimum Gasteiger partial charge on any atom is -0.394 e. The summed E-state index contributed by atoms with van der Waals surface area (Å²) in [6.07, 6.45) is 3.87. The van der Waals surface area contributed by atoms with Gasteiger partial charge < -0.3 is 10.0 Å². The SMILES string of the molecule is CC1CCN(c2nc(Cl)nc(-n3cncn3)n2)C1CO. The molecule has 0 bridgehead atoms. The first-order valence-corrected chi connectivity index (χ1v) is 6.71. The molecule has 1 N–H and O–H groups in total. The van der Waals surface area contributed by atoms with Crippen LogP contribution in [0.1, 0.15) is 13.3 Å². The van der Waals surface area contributed by atoms with Crippen LogP contribution >= 0.6 is 11.6 Å². The Morgan fingerprint density at radius 1 is 1.35 bits per heavy atom. The highest BCUT2D eigenvalue weighted by Crippen LogP contribution is 2.27. The third kappa shape index (κ3) is 2.32. The van der Waals surface area contributed by atoms with Crippen LogP contribution < -0.4 is 4.90 Å². The van der Waals surface area contributed by atoms with Gasteiger partial charge in [-0.25, -0.2) is 4.98 Å². The van der Waals surface area contributed by atoms with Crippen molar-refractivity contribution in [2.75, 3.05) is 18.1 Å². The van der Waals surface area contributed by atoms with Crippen LogP contribution in [0.3, 0.4) is 0 Å². The van der Waals surface area contributed by atoms with Crippen molar-refractivity contribution in [3.05, 3.63) is 17.9 Å². The minimum absolute atomic E-state index is 0.00272. The molecule has 0 spiro atoms. The van der Waals surface area contributed by atoms with E-state index in [2.05, 4.69) is 32.0 Å². The molecule has 3 rings (SSSR count). The van der Waals surface area contributed by atoms with Gasteiger partial charge in [0, 0.05) is 6.54 Å². The molecule has 20 heavy (non-hydrogen) atoms. The van der Waals surface area contributed by atoms with Crippen LogP contribution in [0.15, 0.2) is 12.7 Å². The Morgan fingerprint density at radius 3 is 2.85 bits per heavy atom. The number of rotatable bonds is 3. The van der Waals surface area contributed by atoms with Gasteiger partial charge in [-0.3, -0.25) is 0 Å². The second-order valence-electron chi connectivity index (χ2n) is 4.75. The summed E-state index contributed by atoms with van der Waals surface area (Å²) < 4.78 is 1.42. The van der Waals surface area contributed by atoms with Crippen LogP contribution in [-0.2, 0) is 0 Å². The molecule has 1 aliphatic heterocycles. The van der Waals surface area contributed by atoms with Crippen LogP contribution in [0.25, 0.3) is 5.95 Å². The fraction of sp³-hybridized carbons (Fsp3) is 0.545. The van der Waals surface area contributed by atoms with Crippen molar-refractivity contribution in [1.82, 2.24) is 29.7 Å². The maximum atomic E-state index is 9.52. The van der Waals surface area contributed by atoms with Crippen molar-refractivity contribution < 1.29 is 5.11 Å². The first kappa shape index (κ1) is 13.2. The van der Waals surface area contributed by atoms with Gasteiger partial charge in [0.2, 0.25) is 11.2 Å². The lowest BCUT2D eigenvalue weighted by Gasteiger charge is -2.25. The summed E-state index contributed by atoms with van der Waals surface area (Å²) in [5, 5.41) is 13.6. The molecule has 1 fully saturated rings. The van der Waals surface area contributed by atoms with Gasteiger partial charge in [-0.1, -0.05) is 6.92 Å². The predicted octanol–water partition coefficient (Wildman–Crippen LogP) is 0.313. The average Bonchev–Trinajstić information content (AvgIpc) is 3.06. The van der Waals surface area contributed by atoms with E-state index in [1.165, 1.54) is 17.3 Å². The molecule has 0 aliphatic carbocycles. The second-order valence-corrected chi connectivity index (χ2v) is 5.09. The Labute approximate surface area is 120 Å². The van der Waals surface area contributed by atoms with Gasteiger partial charge in [-0.05, 0) is 23.9 Å². The molecule has 2 aromatic rings. The van der Waals surface area contributed by atoms with Crippen molar-refractivity contribution in [2.24, 2.45) is 5.92 Å². The highest BCUT2D eigenvalue weighted by molar-refractivity contribution is 6.28. The molecule has 1 saturated heterocycles. The zero-order chi connectivity index (χ0) is 14.1. The van der Waals surface area contributed by atoms with Crippen molar-refractivity contribution in [2.45, 2.75) is 19.4 Å². The lowest BCUT2D eigenvalue weighted by molar-refractivity contribution is 0.244. The molecular weight excluding hydrogens is 282 g/mol. The van der Waals surface area contributed by atoms with Gasteiger partial charge >= 0.3 is 0 Å². The van der Waals surface area contributed by atoms with Gasteiger partial charge in [-0.15, -0.1) is 0 Å². The highest BCUT2D eigenvalue weighted by Gasteiger charge is 2.32. The van der Waals surface area contributed by atoms with Gasteiger partial charge in [0.15, 0.2) is 0 Å². The smallest absolute Gasteiger partial charge is 0.258 e. The molecule has 2 atom stereocenters. The highest BCUT2D eigenvalue weighted by atomic mass is 35.5. The maximum absolute atomic E-state index is 9.52. The minimum atomic E-state index is -0.00272. The zero-order valence-electron chi connectivity index (χ0n) is 10.9.